The molecule has 3 N–H and O–H groups in total. The Bertz CT molecular complexity index is 743. The van der Waals surface area contributed by atoms with E-state index in [9.17, 15) is 0 Å². The minimum atomic E-state index is 0.162. The van der Waals surface area contributed by atoms with E-state index in [2.05, 4.69) is 58.7 Å². The van der Waals surface area contributed by atoms with Crippen LogP contribution in [0.3, 0.4) is 0 Å². The maximum Gasteiger partial charge on any atom is 0.184 e. The van der Waals surface area contributed by atoms with E-state index in [1.807, 2.05) is 6.07 Å². The van der Waals surface area contributed by atoms with Crippen molar-refractivity contribution in [3.63, 3.8) is 0 Å². The van der Waals surface area contributed by atoms with Crippen molar-refractivity contribution >= 4 is 46.7 Å². The quantitative estimate of drug-likeness (QED) is 0.513. The van der Waals surface area contributed by atoms with Gasteiger partial charge in [0.2, 0.25) is 0 Å². The van der Waals surface area contributed by atoms with Crippen LogP contribution in [0.1, 0.15) is 12.5 Å². The fraction of sp³-hybridized carbons (Fsp3) is 0.125. The Hall–Kier alpha value is -2.05. The number of hydrogen-bond acceptors (Lipinski definition) is 4. The molecule has 1 aliphatic rings. The van der Waals surface area contributed by atoms with E-state index < -0.39 is 0 Å². The summed E-state index contributed by atoms with van der Waals surface area (Å²) in [4.78, 5) is 4.82. The van der Waals surface area contributed by atoms with Gasteiger partial charge in [0.25, 0.3) is 0 Å². The highest BCUT2D eigenvalue weighted by atomic mass is 32.2. The molecule has 0 bridgehead atoms. The second kappa shape index (κ2) is 6.37. The highest BCUT2D eigenvalue weighted by molar-refractivity contribution is 7.99. The first-order chi connectivity index (χ1) is 10.7. The summed E-state index contributed by atoms with van der Waals surface area (Å²) in [5.41, 5.74) is 11.4. The first-order valence-corrected chi connectivity index (χ1v) is 8.18. The molecular formula is C16H16N4S2. The summed E-state index contributed by atoms with van der Waals surface area (Å²) in [5.74, 6) is 0. The lowest BCUT2D eigenvalue weighted by Gasteiger charge is -2.32. The van der Waals surface area contributed by atoms with Gasteiger partial charge in [-0.2, -0.15) is 5.10 Å². The van der Waals surface area contributed by atoms with Gasteiger partial charge in [-0.3, -0.25) is 5.43 Å². The average Bonchev–Trinajstić information content (AvgIpc) is 2.52. The number of nitrogens with two attached hydrogens (primary N) is 1. The molecular weight excluding hydrogens is 312 g/mol. The zero-order chi connectivity index (χ0) is 15.5. The van der Waals surface area contributed by atoms with Crippen LogP contribution in [0.25, 0.3) is 0 Å². The van der Waals surface area contributed by atoms with Crippen molar-refractivity contribution in [2.24, 2.45) is 10.8 Å². The van der Waals surface area contributed by atoms with Gasteiger partial charge in [-0.05, 0) is 49.0 Å². The summed E-state index contributed by atoms with van der Waals surface area (Å²) >= 11 is 6.51. The second-order valence-corrected chi connectivity index (χ2v) is 6.30. The number of anilines is 2. The number of nitrogens with one attached hydrogen (secondary N) is 1. The lowest BCUT2D eigenvalue weighted by atomic mass is 10.1. The third-order valence-electron chi connectivity index (χ3n) is 3.36. The standard InChI is InChI=1S/C16H16N4S2/c1-2-20-12-5-3-4-6-14(12)22-15-9-11(7-8-13(15)20)10-18-19-16(17)21/h3-10H,2H2,1H3,(H3,17,19,21)/b18-10+. The topological polar surface area (TPSA) is 53.6 Å². The van der Waals surface area contributed by atoms with Crippen LogP contribution in [0.15, 0.2) is 57.4 Å². The average molecular weight is 328 g/mol. The molecule has 3 rings (SSSR count). The molecule has 0 amide bonds. The van der Waals surface area contributed by atoms with Crippen LogP contribution in [-0.2, 0) is 0 Å². The van der Waals surface area contributed by atoms with Crippen molar-refractivity contribution in [1.82, 2.24) is 5.43 Å². The molecule has 0 saturated carbocycles. The van der Waals surface area contributed by atoms with Crippen LogP contribution in [0.2, 0.25) is 0 Å². The molecule has 0 aliphatic carbocycles. The summed E-state index contributed by atoms with van der Waals surface area (Å²) in [5, 5.41) is 4.17. The number of fused-ring (bicyclic) bond motifs is 2. The number of hydrogen-bond donors (Lipinski definition) is 2. The molecule has 0 unspecified atom stereocenters. The first kappa shape index (κ1) is 14.9. The number of nitrogens with zero attached hydrogens (tertiary/aromatic N) is 2. The molecule has 0 fully saturated rings. The Kier molecular flexibility index (Phi) is 4.31. The molecule has 6 heteroatoms. The fourth-order valence-corrected chi connectivity index (χ4v) is 3.64. The minimum Gasteiger partial charge on any atom is -0.375 e. The van der Waals surface area contributed by atoms with Gasteiger partial charge in [0.15, 0.2) is 5.11 Å². The predicted molar refractivity (Wildman–Crippen MR) is 97.2 cm³/mol. The van der Waals surface area contributed by atoms with Gasteiger partial charge < -0.3 is 10.6 Å². The highest BCUT2D eigenvalue weighted by Gasteiger charge is 2.21. The monoisotopic (exact) mass is 328 g/mol. The first-order valence-electron chi connectivity index (χ1n) is 6.96. The van der Waals surface area contributed by atoms with E-state index >= 15 is 0 Å². The molecule has 0 saturated heterocycles. The Morgan fingerprint density at radius 1 is 1.27 bits per heavy atom. The Labute approximate surface area is 139 Å². The Balaban J connectivity index is 1.94. The largest absolute Gasteiger partial charge is 0.375 e. The number of thiocarbonyl (C=S) groups is 1. The third kappa shape index (κ3) is 2.93. The molecule has 1 aliphatic heterocycles. The molecule has 22 heavy (non-hydrogen) atoms. The van der Waals surface area contributed by atoms with E-state index in [0.29, 0.717) is 0 Å². The van der Waals surface area contributed by atoms with Crippen molar-refractivity contribution in [3.05, 3.63) is 48.0 Å². The van der Waals surface area contributed by atoms with Crippen molar-refractivity contribution in [3.8, 4) is 0 Å². The van der Waals surface area contributed by atoms with Crippen molar-refractivity contribution in [2.75, 3.05) is 11.4 Å². The van der Waals surface area contributed by atoms with Crippen LogP contribution in [0.5, 0.6) is 0 Å². The molecule has 2 aromatic carbocycles. The predicted octanol–water partition coefficient (Wildman–Crippen LogP) is 3.48. The lowest BCUT2D eigenvalue weighted by Crippen LogP contribution is -2.24. The summed E-state index contributed by atoms with van der Waals surface area (Å²) in [6, 6.07) is 14.8. The van der Waals surface area contributed by atoms with Gasteiger partial charge in [0.05, 0.1) is 17.6 Å². The summed E-state index contributed by atoms with van der Waals surface area (Å²) < 4.78 is 0. The third-order valence-corrected chi connectivity index (χ3v) is 4.56. The minimum absolute atomic E-state index is 0.162. The van der Waals surface area contributed by atoms with Gasteiger partial charge in [0.1, 0.15) is 0 Å². The highest BCUT2D eigenvalue weighted by Crippen LogP contribution is 2.47. The van der Waals surface area contributed by atoms with Crippen LogP contribution in [0, 0.1) is 0 Å². The molecule has 2 aromatic rings. The number of para-hydroxylation sites is 1. The normalized spacial score (nSPS) is 12.9. The van der Waals surface area contributed by atoms with E-state index in [4.69, 9.17) is 18.0 Å². The van der Waals surface area contributed by atoms with Crippen LogP contribution in [-0.4, -0.2) is 17.9 Å². The molecule has 0 spiro atoms. The number of hydrazone groups is 1. The van der Waals surface area contributed by atoms with Gasteiger partial charge >= 0.3 is 0 Å². The molecule has 0 atom stereocenters. The van der Waals surface area contributed by atoms with Gasteiger partial charge in [0, 0.05) is 16.3 Å². The van der Waals surface area contributed by atoms with E-state index in [1.165, 1.54) is 21.2 Å². The summed E-state index contributed by atoms with van der Waals surface area (Å²) in [6.45, 7) is 3.10. The van der Waals surface area contributed by atoms with E-state index in [1.54, 1.807) is 18.0 Å². The summed E-state index contributed by atoms with van der Waals surface area (Å²) in [6.07, 6.45) is 1.72. The van der Waals surface area contributed by atoms with Crippen molar-refractivity contribution in [2.45, 2.75) is 16.7 Å². The molecule has 4 nitrogen and oxygen atoms in total. The van der Waals surface area contributed by atoms with E-state index in [-0.39, 0.29) is 5.11 Å². The summed E-state index contributed by atoms with van der Waals surface area (Å²) in [7, 11) is 0. The maximum atomic E-state index is 5.35. The van der Waals surface area contributed by atoms with Gasteiger partial charge in [-0.15, -0.1) is 0 Å². The lowest BCUT2D eigenvalue weighted by molar-refractivity contribution is 0.979. The molecule has 0 radical (unpaired) electrons. The Morgan fingerprint density at radius 2 is 2.05 bits per heavy atom. The fourth-order valence-electron chi connectivity index (χ4n) is 2.44. The number of benzene rings is 2. The second-order valence-electron chi connectivity index (χ2n) is 4.78. The zero-order valence-electron chi connectivity index (χ0n) is 12.1. The van der Waals surface area contributed by atoms with E-state index in [0.717, 1.165) is 12.1 Å². The van der Waals surface area contributed by atoms with Crippen LogP contribution in [0.4, 0.5) is 11.4 Å². The molecule has 1 heterocycles. The maximum absolute atomic E-state index is 5.35. The Morgan fingerprint density at radius 3 is 2.82 bits per heavy atom. The van der Waals surface area contributed by atoms with Crippen molar-refractivity contribution in [1.29, 1.82) is 0 Å². The van der Waals surface area contributed by atoms with Gasteiger partial charge in [-0.1, -0.05) is 30.0 Å². The molecule has 112 valence electrons. The zero-order valence-corrected chi connectivity index (χ0v) is 13.7. The number of rotatable bonds is 3. The van der Waals surface area contributed by atoms with Crippen LogP contribution >= 0.6 is 24.0 Å². The SMILES string of the molecule is CCN1c2ccccc2Sc2cc(/C=N/NC(N)=S)ccc21. The van der Waals surface area contributed by atoms with Crippen molar-refractivity contribution < 1.29 is 0 Å². The van der Waals surface area contributed by atoms with Gasteiger partial charge in [-0.25, -0.2) is 0 Å². The van der Waals surface area contributed by atoms with Crippen LogP contribution < -0.4 is 16.1 Å². The molecule has 0 aromatic heterocycles. The smallest absolute Gasteiger partial charge is 0.184 e.